The predicted octanol–water partition coefficient (Wildman–Crippen LogP) is 2.39. The Morgan fingerprint density at radius 1 is 1.47 bits per heavy atom. The molecule has 0 bridgehead atoms. The van der Waals surface area contributed by atoms with E-state index in [1.807, 2.05) is 19.5 Å². The summed E-state index contributed by atoms with van der Waals surface area (Å²) in [6, 6.07) is 0. The number of allylic oxidation sites excluding steroid dienone is 2. The van der Waals surface area contributed by atoms with Crippen LogP contribution in [0, 0.1) is 0 Å². The third-order valence-corrected chi connectivity index (χ3v) is 4.75. The van der Waals surface area contributed by atoms with Gasteiger partial charge in [-0.05, 0) is 19.0 Å². The molecular weight excluding hydrogens is 204 g/mol. The highest BCUT2D eigenvalue weighted by Crippen LogP contribution is 2.35. The fourth-order valence-electron chi connectivity index (χ4n) is 2.01. The Morgan fingerprint density at radius 3 is 2.87 bits per heavy atom. The lowest BCUT2D eigenvalue weighted by Gasteiger charge is -2.23. The predicted molar refractivity (Wildman–Crippen MR) is 62.9 cm³/mol. The molecule has 1 radical (unpaired) electrons. The number of hydrogen-bond acceptors (Lipinski definition) is 2. The van der Waals surface area contributed by atoms with Gasteiger partial charge in [-0.1, -0.05) is 30.5 Å². The monoisotopic (exact) mass is 221 g/mol. The minimum absolute atomic E-state index is 0.0832. The molecule has 3 heteroatoms. The van der Waals surface area contributed by atoms with Crippen molar-refractivity contribution in [2.24, 2.45) is 0 Å². The summed E-state index contributed by atoms with van der Waals surface area (Å²) in [7, 11) is -0.663. The maximum absolute atomic E-state index is 5.92. The molecule has 0 amide bonds. The van der Waals surface area contributed by atoms with Gasteiger partial charge in [-0.3, -0.25) is 0 Å². The van der Waals surface area contributed by atoms with Crippen LogP contribution in [0.4, 0.5) is 0 Å². The lowest BCUT2D eigenvalue weighted by molar-refractivity contribution is -0.139. The Bertz CT molecular complexity index is 331. The fourth-order valence-corrected chi connectivity index (χ4v) is 3.27. The molecule has 2 rings (SSSR count). The number of rotatable bonds is 2. The summed E-state index contributed by atoms with van der Waals surface area (Å²) < 4.78 is 11.7. The number of ether oxygens (including phenoxy) is 2. The summed E-state index contributed by atoms with van der Waals surface area (Å²) in [5, 5.41) is 1.35. The zero-order valence-electron chi connectivity index (χ0n) is 9.49. The van der Waals surface area contributed by atoms with Crippen LogP contribution in [0.3, 0.4) is 0 Å². The van der Waals surface area contributed by atoms with Gasteiger partial charge in [0.25, 0.3) is 0 Å². The second-order valence-corrected chi connectivity index (χ2v) is 6.77. The average molecular weight is 221 g/mol. The van der Waals surface area contributed by atoms with E-state index < -0.39 is 14.6 Å². The van der Waals surface area contributed by atoms with Gasteiger partial charge in [0.15, 0.2) is 5.79 Å². The minimum Gasteiger partial charge on any atom is -0.340 e. The van der Waals surface area contributed by atoms with Gasteiger partial charge in [-0.2, -0.15) is 0 Å². The van der Waals surface area contributed by atoms with E-state index in [2.05, 4.69) is 31.4 Å². The van der Waals surface area contributed by atoms with E-state index in [0.717, 1.165) is 0 Å². The molecule has 1 heterocycles. The molecule has 15 heavy (non-hydrogen) atoms. The van der Waals surface area contributed by atoms with E-state index in [9.17, 15) is 0 Å². The molecule has 0 N–H and O–H groups in total. The largest absolute Gasteiger partial charge is 0.340 e. The van der Waals surface area contributed by atoms with Crippen LogP contribution in [0.1, 0.15) is 13.8 Å². The van der Waals surface area contributed by atoms with Gasteiger partial charge < -0.3 is 9.47 Å². The number of hydrogen-bond donors (Lipinski definition) is 0. The Labute approximate surface area is 92.9 Å². The van der Waals surface area contributed by atoms with Crippen LogP contribution in [-0.4, -0.2) is 26.8 Å². The first-order valence-corrected chi connectivity index (χ1v) is 7.31. The maximum atomic E-state index is 5.92. The van der Waals surface area contributed by atoms with Gasteiger partial charge in [-0.25, -0.2) is 0 Å². The summed E-state index contributed by atoms with van der Waals surface area (Å²) in [5.74, 6) is -0.466. The van der Waals surface area contributed by atoms with Crippen LogP contribution < -0.4 is 0 Å². The van der Waals surface area contributed by atoms with Crippen molar-refractivity contribution in [3.8, 4) is 0 Å². The van der Waals surface area contributed by atoms with Gasteiger partial charge in [0.05, 0.1) is 0 Å². The summed E-state index contributed by atoms with van der Waals surface area (Å²) in [6.45, 7) is 10.0. The van der Waals surface area contributed by atoms with Gasteiger partial charge in [0, 0.05) is 0 Å². The van der Waals surface area contributed by atoms with Crippen LogP contribution in [-0.2, 0) is 9.47 Å². The smallest absolute Gasteiger partial charge is 0.164 e. The average Bonchev–Trinajstić information content (AvgIpc) is 2.49. The van der Waals surface area contributed by atoms with E-state index in [1.165, 1.54) is 5.20 Å². The molecule has 0 aromatic rings. The fraction of sp³-hybridized carbons (Fsp3) is 0.500. The van der Waals surface area contributed by atoms with Crippen LogP contribution in [0.2, 0.25) is 6.55 Å². The van der Waals surface area contributed by atoms with E-state index in [0.29, 0.717) is 0 Å². The van der Waals surface area contributed by atoms with Gasteiger partial charge in [0.2, 0.25) is 0 Å². The molecule has 1 fully saturated rings. The molecule has 1 saturated heterocycles. The van der Waals surface area contributed by atoms with Gasteiger partial charge >= 0.3 is 0 Å². The molecule has 81 valence electrons. The molecule has 1 aliphatic heterocycles. The van der Waals surface area contributed by atoms with Crippen molar-refractivity contribution in [1.82, 2.24) is 0 Å². The van der Waals surface area contributed by atoms with Gasteiger partial charge in [-0.15, -0.1) is 6.58 Å². The summed E-state index contributed by atoms with van der Waals surface area (Å²) in [4.78, 5) is 0. The van der Waals surface area contributed by atoms with E-state index >= 15 is 0 Å². The van der Waals surface area contributed by atoms with Crippen LogP contribution in [0.5, 0.6) is 0 Å². The first-order valence-electron chi connectivity index (χ1n) is 5.24. The highest BCUT2D eigenvalue weighted by molar-refractivity contribution is 6.70. The number of fused-ring (bicyclic) bond motifs is 1. The van der Waals surface area contributed by atoms with E-state index in [1.54, 1.807) is 0 Å². The topological polar surface area (TPSA) is 18.5 Å². The van der Waals surface area contributed by atoms with Crippen molar-refractivity contribution in [2.75, 3.05) is 0 Å². The molecule has 0 saturated carbocycles. The lowest BCUT2D eigenvalue weighted by atomic mass is 10.1. The molecule has 2 aliphatic rings. The van der Waals surface area contributed by atoms with Gasteiger partial charge in [0.1, 0.15) is 21.0 Å². The van der Waals surface area contributed by atoms with Crippen molar-refractivity contribution < 1.29 is 9.47 Å². The summed E-state index contributed by atoms with van der Waals surface area (Å²) in [6.07, 6.45) is 6.48. The second kappa shape index (κ2) is 3.74. The standard InChI is InChI=1S/C12H17O2Si/c1-5-15(4)10-8-6-7-9-11(10)14-12(2,3)13-9/h5-9,11H,1H2,2-4H3/t9-,11-/m0/s1. The zero-order valence-corrected chi connectivity index (χ0v) is 10.5. The van der Waals surface area contributed by atoms with Crippen LogP contribution >= 0.6 is 0 Å². The first-order chi connectivity index (χ1) is 7.03. The lowest BCUT2D eigenvalue weighted by Crippen LogP contribution is -2.31. The maximum Gasteiger partial charge on any atom is 0.164 e. The molecule has 0 unspecified atom stereocenters. The van der Waals surface area contributed by atoms with Crippen LogP contribution in [0.15, 0.2) is 35.7 Å². The Hall–Kier alpha value is -0.643. The Kier molecular flexibility index (Phi) is 2.71. The Balaban J connectivity index is 2.24. The van der Waals surface area contributed by atoms with Crippen molar-refractivity contribution >= 4 is 8.80 Å². The minimum atomic E-state index is -0.663. The molecule has 0 spiro atoms. The first kappa shape index (κ1) is 10.9. The normalized spacial score (nSPS) is 32.7. The quantitative estimate of drug-likeness (QED) is 0.667. The van der Waals surface area contributed by atoms with Crippen molar-refractivity contribution in [1.29, 1.82) is 0 Å². The van der Waals surface area contributed by atoms with E-state index in [-0.39, 0.29) is 12.2 Å². The van der Waals surface area contributed by atoms with Crippen molar-refractivity contribution in [2.45, 2.75) is 38.4 Å². The third kappa shape index (κ3) is 2.00. The van der Waals surface area contributed by atoms with Crippen molar-refractivity contribution in [3.63, 3.8) is 0 Å². The van der Waals surface area contributed by atoms with Crippen molar-refractivity contribution in [3.05, 3.63) is 35.7 Å². The molecule has 2 atom stereocenters. The van der Waals surface area contributed by atoms with E-state index in [4.69, 9.17) is 9.47 Å². The summed E-state index contributed by atoms with van der Waals surface area (Å²) >= 11 is 0. The molecule has 2 nitrogen and oxygen atoms in total. The third-order valence-electron chi connectivity index (χ3n) is 2.77. The summed E-state index contributed by atoms with van der Waals surface area (Å²) in [5.41, 5.74) is 2.04. The molecule has 0 aromatic heterocycles. The second-order valence-electron chi connectivity index (χ2n) is 4.41. The molecule has 1 aliphatic carbocycles. The Morgan fingerprint density at radius 2 is 2.20 bits per heavy atom. The van der Waals surface area contributed by atoms with Crippen LogP contribution in [0.25, 0.3) is 0 Å². The highest BCUT2D eigenvalue weighted by atomic mass is 28.3. The SMILES string of the molecule is C=C[Si](C)C1=CC=C[C@@H]2OC(C)(C)O[C@H]12. The zero-order chi connectivity index (χ0) is 11.1. The molecule has 0 aromatic carbocycles. The molecular formula is C12H17O2Si. The highest BCUT2D eigenvalue weighted by Gasteiger charge is 2.43.